The lowest BCUT2D eigenvalue weighted by Gasteiger charge is -2.25. The van der Waals surface area contributed by atoms with Gasteiger partial charge in [0.25, 0.3) is 0 Å². The van der Waals surface area contributed by atoms with E-state index in [0.29, 0.717) is 0 Å². The SMILES string of the molecule is COc1cccc(N(CCCCCC2CCCCC2)c2ccc[n+](C)c2)c1.[I-]. The van der Waals surface area contributed by atoms with Gasteiger partial charge in [0.15, 0.2) is 12.4 Å². The van der Waals surface area contributed by atoms with Gasteiger partial charge < -0.3 is 33.6 Å². The molecule has 1 aromatic carbocycles. The van der Waals surface area contributed by atoms with Crippen LogP contribution in [0.15, 0.2) is 48.8 Å². The summed E-state index contributed by atoms with van der Waals surface area (Å²) in [5, 5.41) is 0. The Morgan fingerprint density at radius 1 is 1.00 bits per heavy atom. The third kappa shape index (κ3) is 6.94. The van der Waals surface area contributed by atoms with Crippen molar-refractivity contribution in [3.63, 3.8) is 0 Å². The van der Waals surface area contributed by atoms with Crippen molar-refractivity contribution in [2.75, 3.05) is 18.6 Å². The second kappa shape index (κ2) is 12.3. The summed E-state index contributed by atoms with van der Waals surface area (Å²) in [4.78, 5) is 2.42. The van der Waals surface area contributed by atoms with Crippen molar-refractivity contribution in [1.29, 1.82) is 0 Å². The van der Waals surface area contributed by atoms with Crippen LogP contribution >= 0.6 is 0 Å². The Bertz CT molecular complexity index is 701. The first-order valence-corrected chi connectivity index (χ1v) is 10.6. The van der Waals surface area contributed by atoms with E-state index >= 15 is 0 Å². The van der Waals surface area contributed by atoms with Gasteiger partial charge in [-0.1, -0.05) is 57.4 Å². The molecule has 0 spiro atoms. The summed E-state index contributed by atoms with van der Waals surface area (Å²) in [6.45, 7) is 1.04. The molecule has 3 rings (SSSR count). The number of methoxy groups -OCH3 is 1. The van der Waals surface area contributed by atoms with Crippen LogP contribution in [0, 0.1) is 5.92 Å². The van der Waals surface area contributed by atoms with Crippen LogP contribution in [0.4, 0.5) is 11.4 Å². The van der Waals surface area contributed by atoms with Crippen molar-refractivity contribution in [2.45, 2.75) is 57.8 Å². The third-order valence-electron chi connectivity index (χ3n) is 5.82. The molecule has 1 aromatic heterocycles. The number of rotatable bonds is 9. The third-order valence-corrected chi connectivity index (χ3v) is 5.82. The number of hydrogen-bond acceptors (Lipinski definition) is 2. The van der Waals surface area contributed by atoms with Crippen LogP contribution in [0.1, 0.15) is 57.8 Å². The van der Waals surface area contributed by atoms with Gasteiger partial charge in [-0.3, -0.25) is 0 Å². The highest BCUT2D eigenvalue weighted by molar-refractivity contribution is 5.63. The molecule has 3 nitrogen and oxygen atoms in total. The summed E-state index contributed by atoms with van der Waals surface area (Å²) >= 11 is 0. The first kappa shape index (κ1) is 23.0. The number of benzene rings is 1. The minimum atomic E-state index is 0. The predicted octanol–water partition coefficient (Wildman–Crippen LogP) is 2.80. The molecule has 1 fully saturated rings. The van der Waals surface area contributed by atoms with Crippen LogP contribution in [0.5, 0.6) is 5.75 Å². The molecule has 0 unspecified atom stereocenters. The predicted molar refractivity (Wildman–Crippen MR) is 113 cm³/mol. The van der Waals surface area contributed by atoms with Crippen molar-refractivity contribution in [3.8, 4) is 5.75 Å². The van der Waals surface area contributed by atoms with E-state index in [2.05, 4.69) is 59.2 Å². The van der Waals surface area contributed by atoms with E-state index in [1.165, 1.54) is 69.2 Å². The summed E-state index contributed by atoms with van der Waals surface area (Å²) in [5.41, 5.74) is 2.44. The van der Waals surface area contributed by atoms with E-state index in [-0.39, 0.29) is 24.0 Å². The first-order valence-electron chi connectivity index (χ1n) is 10.6. The van der Waals surface area contributed by atoms with Crippen molar-refractivity contribution in [1.82, 2.24) is 0 Å². The van der Waals surface area contributed by atoms with E-state index in [1.54, 1.807) is 7.11 Å². The molecule has 0 bridgehead atoms. The number of hydrogen-bond donors (Lipinski definition) is 0. The smallest absolute Gasteiger partial charge is 0.192 e. The van der Waals surface area contributed by atoms with Gasteiger partial charge in [-0.05, 0) is 30.5 Å². The lowest BCUT2D eigenvalue weighted by Crippen LogP contribution is -3.00. The second-order valence-electron chi connectivity index (χ2n) is 7.93. The topological polar surface area (TPSA) is 16.4 Å². The van der Waals surface area contributed by atoms with E-state index < -0.39 is 0 Å². The maximum Gasteiger partial charge on any atom is 0.192 e. The zero-order valence-electron chi connectivity index (χ0n) is 17.4. The van der Waals surface area contributed by atoms with Crippen LogP contribution in [0.2, 0.25) is 0 Å². The zero-order valence-corrected chi connectivity index (χ0v) is 19.6. The van der Waals surface area contributed by atoms with E-state index in [1.807, 2.05) is 6.07 Å². The highest BCUT2D eigenvalue weighted by Gasteiger charge is 2.14. The average Bonchev–Trinajstić information content (AvgIpc) is 2.71. The van der Waals surface area contributed by atoms with Crippen LogP contribution in [0.3, 0.4) is 0 Å². The molecule has 0 aliphatic heterocycles. The fourth-order valence-corrected chi connectivity index (χ4v) is 4.27. The van der Waals surface area contributed by atoms with Gasteiger partial charge in [0.05, 0.1) is 7.11 Å². The molecule has 28 heavy (non-hydrogen) atoms. The zero-order chi connectivity index (χ0) is 18.9. The molecular weight excluding hydrogens is 459 g/mol. The van der Waals surface area contributed by atoms with Gasteiger partial charge in [0.2, 0.25) is 0 Å². The van der Waals surface area contributed by atoms with Gasteiger partial charge >= 0.3 is 0 Å². The molecule has 1 aliphatic carbocycles. The summed E-state index contributed by atoms with van der Waals surface area (Å²) in [5.74, 6) is 1.91. The minimum absolute atomic E-state index is 0. The highest BCUT2D eigenvalue weighted by Crippen LogP contribution is 2.30. The Balaban J connectivity index is 0.00000280. The first-order chi connectivity index (χ1) is 13.3. The van der Waals surface area contributed by atoms with E-state index in [4.69, 9.17) is 4.74 Å². The maximum absolute atomic E-state index is 5.44. The number of anilines is 2. The van der Waals surface area contributed by atoms with Crippen LogP contribution in [-0.2, 0) is 7.05 Å². The number of aryl methyl sites for hydroxylation is 1. The Morgan fingerprint density at radius 3 is 2.54 bits per heavy atom. The molecule has 1 heterocycles. The number of pyridine rings is 1. The summed E-state index contributed by atoms with van der Waals surface area (Å²) in [6.07, 6.45) is 16.9. The molecule has 4 heteroatoms. The second-order valence-corrected chi connectivity index (χ2v) is 7.93. The standard InChI is InChI=1S/C24H35N2O.HI/c1-25-17-10-15-23(20-25)26(22-14-9-16-24(19-22)27-2)18-8-4-7-13-21-11-5-3-6-12-21;/h9-10,14-17,19-21H,3-8,11-13,18H2,1-2H3;1H/q+1;/p-1. The lowest BCUT2D eigenvalue weighted by atomic mass is 9.85. The van der Waals surface area contributed by atoms with Crippen LogP contribution in [0.25, 0.3) is 0 Å². The normalized spacial score (nSPS) is 14.4. The quantitative estimate of drug-likeness (QED) is 0.303. The van der Waals surface area contributed by atoms with Gasteiger partial charge in [-0.25, -0.2) is 4.57 Å². The number of unbranched alkanes of at least 4 members (excludes halogenated alkanes) is 2. The Kier molecular flexibility index (Phi) is 10.1. The number of nitrogens with zero attached hydrogens (tertiary/aromatic N) is 2. The van der Waals surface area contributed by atoms with Crippen molar-refractivity contribution < 1.29 is 33.3 Å². The Hall–Kier alpha value is -1.30. The van der Waals surface area contributed by atoms with Gasteiger partial charge in [0.1, 0.15) is 18.5 Å². The monoisotopic (exact) mass is 494 g/mol. The fraction of sp³-hybridized carbons (Fsp3) is 0.542. The van der Waals surface area contributed by atoms with Crippen LogP contribution < -0.4 is 38.2 Å². The Labute approximate surface area is 188 Å². The molecule has 1 aliphatic rings. The van der Waals surface area contributed by atoms with Crippen molar-refractivity contribution in [3.05, 3.63) is 48.8 Å². The average molecular weight is 494 g/mol. The molecule has 0 radical (unpaired) electrons. The highest BCUT2D eigenvalue weighted by atomic mass is 127. The molecule has 1 saturated carbocycles. The van der Waals surface area contributed by atoms with Crippen LogP contribution in [-0.4, -0.2) is 13.7 Å². The summed E-state index contributed by atoms with van der Waals surface area (Å²) in [6, 6.07) is 12.7. The summed E-state index contributed by atoms with van der Waals surface area (Å²) < 4.78 is 7.56. The van der Waals surface area contributed by atoms with Crippen molar-refractivity contribution in [2.24, 2.45) is 13.0 Å². The Morgan fingerprint density at radius 2 is 1.79 bits per heavy atom. The molecule has 154 valence electrons. The lowest BCUT2D eigenvalue weighted by molar-refractivity contribution is -0.670. The van der Waals surface area contributed by atoms with Gasteiger partial charge in [0, 0.05) is 24.4 Å². The largest absolute Gasteiger partial charge is 1.00 e. The number of ether oxygens (including phenoxy) is 1. The molecular formula is C24H35IN2O. The molecule has 0 N–H and O–H groups in total. The number of aromatic nitrogens is 1. The fourth-order valence-electron chi connectivity index (χ4n) is 4.27. The van der Waals surface area contributed by atoms with Gasteiger partial charge in [-0.15, -0.1) is 0 Å². The van der Waals surface area contributed by atoms with E-state index in [0.717, 1.165) is 18.2 Å². The van der Waals surface area contributed by atoms with Gasteiger partial charge in [-0.2, -0.15) is 0 Å². The van der Waals surface area contributed by atoms with Crippen molar-refractivity contribution >= 4 is 11.4 Å². The molecule has 0 atom stereocenters. The molecule has 2 aromatic rings. The number of halogens is 1. The maximum atomic E-state index is 5.44. The summed E-state index contributed by atoms with van der Waals surface area (Å²) in [7, 11) is 3.81. The molecule has 0 amide bonds. The van der Waals surface area contributed by atoms with E-state index in [9.17, 15) is 0 Å². The minimum Gasteiger partial charge on any atom is -1.00 e. The molecule has 0 saturated heterocycles.